The fourth-order valence-corrected chi connectivity index (χ4v) is 0.626. The van der Waals surface area contributed by atoms with E-state index in [1.165, 1.54) is 0 Å². The Kier molecular flexibility index (Phi) is 3.49. The molecule has 0 aliphatic heterocycles. The van der Waals surface area contributed by atoms with E-state index in [1.807, 2.05) is 0 Å². The summed E-state index contributed by atoms with van der Waals surface area (Å²) >= 11 is 2.91. The molecule has 0 bridgehead atoms. The lowest BCUT2D eigenvalue weighted by atomic mass is 10.2. The zero-order chi connectivity index (χ0) is 7.44. The van der Waals surface area contributed by atoms with Crippen LogP contribution in [0.15, 0.2) is 12.2 Å². The molecule has 2 N–H and O–H groups in total. The molecule has 52 valence electrons. The van der Waals surface area contributed by atoms with Gasteiger partial charge in [0.15, 0.2) is 0 Å². The topological polar surface area (TPSA) is 57.5 Å². The Morgan fingerprint density at radius 1 is 1.78 bits per heavy atom. The third-order valence-electron chi connectivity index (χ3n) is 0.823. The number of hydrogen-bond donors (Lipinski definition) is 2. The third-order valence-corrected chi connectivity index (χ3v) is 1.44. The van der Waals surface area contributed by atoms with Crippen LogP contribution in [-0.2, 0) is 4.79 Å². The number of alkyl halides is 1. The van der Waals surface area contributed by atoms with Crippen LogP contribution in [0.1, 0.15) is 0 Å². The lowest BCUT2D eigenvalue weighted by Gasteiger charge is -2.03. The maximum absolute atomic E-state index is 10.0. The molecule has 0 aliphatic rings. The van der Waals surface area contributed by atoms with Crippen LogP contribution in [0.2, 0.25) is 0 Å². The van der Waals surface area contributed by atoms with E-state index in [9.17, 15) is 4.79 Å². The van der Waals surface area contributed by atoms with Crippen molar-refractivity contribution in [3.8, 4) is 0 Å². The molecule has 9 heavy (non-hydrogen) atoms. The standard InChI is InChI=1S/C5H7BrO3/c1-3(5(8)9)4(7)2-6/h4,7H,1-2H2,(H,8,9). The highest BCUT2D eigenvalue weighted by Gasteiger charge is 2.12. The summed E-state index contributed by atoms with van der Waals surface area (Å²) in [7, 11) is 0. The molecular formula is C5H7BrO3. The summed E-state index contributed by atoms with van der Waals surface area (Å²) in [5.41, 5.74) is -0.188. The molecule has 0 aromatic heterocycles. The molecule has 0 amide bonds. The molecule has 0 saturated carbocycles. The molecule has 0 saturated heterocycles. The van der Waals surface area contributed by atoms with Crippen molar-refractivity contribution in [1.29, 1.82) is 0 Å². The van der Waals surface area contributed by atoms with Crippen molar-refractivity contribution < 1.29 is 15.0 Å². The number of aliphatic hydroxyl groups excluding tert-OH is 1. The van der Waals surface area contributed by atoms with Gasteiger partial charge in [-0.2, -0.15) is 0 Å². The Hall–Kier alpha value is -0.350. The average molecular weight is 195 g/mol. The minimum absolute atomic E-state index is 0.188. The minimum Gasteiger partial charge on any atom is -0.478 e. The Balaban J connectivity index is 3.88. The molecule has 0 radical (unpaired) electrons. The fourth-order valence-electron chi connectivity index (χ4n) is 0.236. The van der Waals surface area contributed by atoms with Gasteiger partial charge in [0.1, 0.15) is 0 Å². The van der Waals surface area contributed by atoms with Gasteiger partial charge >= 0.3 is 5.97 Å². The fraction of sp³-hybridized carbons (Fsp3) is 0.400. The Morgan fingerprint density at radius 2 is 2.22 bits per heavy atom. The molecule has 1 atom stereocenters. The van der Waals surface area contributed by atoms with Gasteiger partial charge in [-0.15, -0.1) is 0 Å². The molecule has 4 heteroatoms. The van der Waals surface area contributed by atoms with Crippen LogP contribution in [0, 0.1) is 0 Å². The van der Waals surface area contributed by atoms with Gasteiger partial charge in [-0.3, -0.25) is 0 Å². The summed E-state index contributed by atoms with van der Waals surface area (Å²) in [6.07, 6.45) is -0.984. The van der Waals surface area contributed by atoms with Crippen LogP contribution in [0.4, 0.5) is 0 Å². The second kappa shape index (κ2) is 3.63. The van der Waals surface area contributed by atoms with Crippen LogP contribution in [-0.4, -0.2) is 27.6 Å². The van der Waals surface area contributed by atoms with Gasteiger partial charge in [0.2, 0.25) is 0 Å². The first-order valence-electron chi connectivity index (χ1n) is 2.25. The molecule has 0 heterocycles. The van der Waals surface area contributed by atoms with Crippen molar-refractivity contribution in [3.63, 3.8) is 0 Å². The summed E-state index contributed by atoms with van der Waals surface area (Å²) < 4.78 is 0. The van der Waals surface area contributed by atoms with Gasteiger partial charge in [-0.1, -0.05) is 22.5 Å². The molecule has 1 unspecified atom stereocenters. The first kappa shape index (κ1) is 8.65. The average Bonchev–Trinajstić information content (AvgIpc) is 1.84. The van der Waals surface area contributed by atoms with Crippen molar-refractivity contribution in [3.05, 3.63) is 12.2 Å². The van der Waals surface area contributed by atoms with E-state index >= 15 is 0 Å². The van der Waals surface area contributed by atoms with E-state index < -0.39 is 12.1 Å². The van der Waals surface area contributed by atoms with Gasteiger partial charge in [0.05, 0.1) is 11.7 Å². The summed E-state index contributed by atoms with van der Waals surface area (Å²) in [5.74, 6) is -1.16. The molecule has 0 fully saturated rings. The maximum Gasteiger partial charge on any atom is 0.333 e. The van der Waals surface area contributed by atoms with Crippen LogP contribution in [0.5, 0.6) is 0 Å². The minimum atomic E-state index is -1.16. The van der Waals surface area contributed by atoms with Crippen LogP contribution in [0.3, 0.4) is 0 Å². The zero-order valence-corrected chi connectivity index (χ0v) is 6.26. The van der Waals surface area contributed by atoms with Crippen molar-refractivity contribution in [2.45, 2.75) is 6.10 Å². The summed E-state index contributed by atoms with van der Waals surface area (Å²) in [4.78, 5) is 10.0. The number of hydrogen-bond acceptors (Lipinski definition) is 2. The number of carboxylic acid groups (broad SMARTS) is 1. The predicted octanol–water partition coefficient (Wildman–Crippen LogP) is 0.383. The van der Waals surface area contributed by atoms with Crippen LogP contribution in [0.25, 0.3) is 0 Å². The molecule has 0 spiro atoms. The van der Waals surface area contributed by atoms with Crippen LogP contribution >= 0.6 is 15.9 Å². The van der Waals surface area contributed by atoms with Gasteiger partial charge in [0.25, 0.3) is 0 Å². The zero-order valence-electron chi connectivity index (χ0n) is 4.67. The normalized spacial score (nSPS) is 12.7. The number of halogens is 1. The highest BCUT2D eigenvalue weighted by molar-refractivity contribution is 9.09. The number of carboxylic acids is 1. The SMILES string of the molecule is C=C(C(=O)O)C(O)CBr. The van der Waals surface area contributed by atoms with Gasteiger partial charge < -0.3 is 10.2 Å². The van der Waals surface area contributed by atoms with Crippen molar-refractivity contribution in [2.24, 2.45) is 0 Å². The number of aliphatic hydroxyl groups is 1. The second-order valence-corrected chi connectivity index (χ2v) is 2.15. The second-order valence-electron chi connectivity index (χ2n) is 1.50. The van der Waals surface area contributed by atoms with E-state index in [4.69, 9.17) is 10.2 Å². The molecule has 3 nitrogen and oxygen atoms in total. The monoisotopic (exact) mass is 194 g/mol. The Labute approximate surface area is 61.1 Å². The molecule has 0 aromatic carbocycles. The first-order valence-corrected chi connectivity index (χ1v) is 3.38. The Bertz CT molecular complexity index is 132. The van der Waals surface area contributed by atoms with E-state index in [0.717, 1.165) is 0 Å². The highest BCUT2D eigenvalue weighted by atomic mass is 79.9. The summed E-state index contributed by atoms with van der Waals surface area (Å²) in [6.45, 7) is 3.15. The summed E-state index contributed by atoms with van der Waals surface area (Å²) in [5, 5.41) is 17.2. The number of rotatable bonds is 3. The van der Waals surface area contributed by atoms with Gasteiger partial charge in [-0.25, -0.2) is 4.79 Å². The van der Waals surface area contributed by atoms with Crippen LogP contribution < -0.4 is 0 Å². The lowest BCUT2D eigenvalue weighted by molar-refractivity contribution is -0.133. The third kappa shape index (κ3) is 2.62. The highest BCUT2D eigenvalue weighted by Crippen LogP contribution is 2.01. The lowest BCUT2D eigenvalue weighted by Crippen LogP contribution is -2.17. The molecule has 0 aliphatic carbocycles. The van der Waals surface area contributed by atoms with Crippen molar-refractivity contribution in [2.75, 3.05) is 5.33 Å². The number of aliphatic carboxylic acids is 1. The maximum atomic E-state index is 10.0. The Morgan fingerprint density at radius 3 is 2.33 bits per heavy atom. The van der Waals surface area contributed by atoms with E-state index in [-0.39, 0.29) is 10.9 Å². The van der Waals surface area contributed by atoms with Crippen molar-refractivity contribution in [1.82, 2.24) is 0 Å². The summed E-state index contributed by atoms with van der Waals surface area (Å²) in [6, 6.07) is 0. The quantitative estimate of drug-likeness (QED) is 0.505. The molecule has 0 rings (SSSR count). The smallest absolute Gasteiger partial charge is 0.333 e. The van der Waals surface area contributed by atoms with E-state index in [0.29, 0.717) is 0 Å². The molecule has 0 aromatic rings. The largest absolute Gasteiger partial charge is 0.478 e. The predicted molar refractivity (Wildman–Crippen MR) is 36.6 cm³/mol. The number of carbonyl (C=O) groups is 1. The molecular weight excluding hydrogens is 188 g/mol. The van der Waals surface area contributed by atoms with E-state index in [2.05, 4.69) is 22.5 Å². The van der Waals surface area contributed by atoms with E-state index in [1.54, 1.807) is 0 Å². The van der Waals surface area contributed by atoms with Gasteiger partial charge in [0, 0.05) is 5.33 Å². The van der Waals surface area contributed by atoms with Gasteiger partial charge in [-0.05, 0) is 0 Å². The van der Waals surface area contributed by atoms with Crippen molar-refractivity contribution >= 4 is 21.9 Å². The first-order chi connectivity index (χ1) is 4.09.